The molecule has 1 aromatic rings. The van der Waals surface area contributed by atoms with E-state index in [4.69, 9.17) is 5.73 Å². The minimum absolute atomic E-state index is 0.265. The molecule has 0 aromatic carbocycles. The van der Waals surface area contributed by atoms with Gasteiger partial charge in [-0.3, -0.25) is 0 Å². The molecule has 14 heavy (non-hydrogen) atoms. The maximum Gasteiger partial charge on any atom is 0.130 e. The first kappa shape index (κ1) is 10.8. The summed E-state index contributed by atoms with van der Waals surface area (Å²) in [6.45, 7) is 7.57. The highest BCUT2D eigenvalue weighted by atomic mass is 15.2. The Morgan fingerprint density at radius 2 is 2.07 bits per heavy atom. The zero-order chi connectivity index (χ0) is 10.8. The Morgan fingerprint density at radius 1 is 1.43 bits per heavy atom. The Balaban J connectivity index is 2.74. The fourth-order valence-electron chi connectivity index (χ4n) is 1.44. The highest BCUT2D eigenvalue weighted by molar-refractivity contribution is 5.49. The summed E-state index contributed by atoms with van der Waals surface area (Å²) in [6.07, 6.45) is 1.74. The average Bonchev–Trinajstić information content (AvgIpc) is 2.01. The number of nitrogen functional groups attached to an aromatic ring is 1. The van der Waals surface area contributed by atoms with Gasteiger partial charge < -0.3 is 10.6 Å². The van der Waals surface area contributed by atoms with Crippen LogP contribution >= 0.6 is 0 Å². The quantitative estimate of drug-likeness (QED) is 0.782. The van der Waals surface area contributed by atoms with Crippen molar-refractivity contribution in [2.24, 2.45) is 5.41 Å². The van der Waals surface area contributed by atoms with Crippen molar-refractivity contribution < 1.29 is 0 Å². The first-order valence-corrected chi connectivity index (χ1v) is 4.81. The van der Waals surface area contributed by atoms with Crippen LogP contribution in [0.1, 0.15) is 20.8 Å². The van der Waals surface area contributed by atoms with E-state index in [2.05, 4.69) is 30.7 Å². The van der Waals surface area contributed by atoms with Crippen molar-refractivity contribution in [1.82, 2.24) is 4.98 Å². The summed E-state index contributed by atoms with van der Waals surface area (Å²) in [5.74, 6) is 0.930. The maximum absolute atomic E-state index is 5.69. The molecule has 3 nitrogen and oxygen atoms in total. The van der Waals surface area contributed by atoms with Crippen LogP contribution in [0.2, 0.25) is 0 Å². The fraction of sp³-hybridized carbons (Fsp3) is 0.545. The van der Waals surface area contributed by atoms with E-state index in [1.54, 1.807) is 12.3 Å². The van der Waals surface area contributed by atoms with Crippen LogP contribution in [0.5, 0.6) is 0 Å². The number of hydrogen-bond donors (Lipinski definition) is 1. The van der Waals surface area contributed by atoms with E-state index in [0.717, 1.165) is 18.1 Å². The summed E-state index contributed by atoms with van der Waals surface area (Å²) < 4.78 is 0. The van der Waals surface area contributed by atoms with Crippen molar-refractivity contribution in [2.45, 2.75) is 20.8 Å². The van der Waals surface area contributed by atoms with Gasteiger partial charge in [0.25, 0.3) is 0 Å². The number of hydrogen-bond acceptors (Lipinski definition) is 3. The number of rotatable bonds is 2. The van der Waals surface area contributed by atoms with Gasteiger partial charge in [0, 0.05) is 31.5 Å². The van der Waals surface area contributed by atoms with Crippen LogP contribution in [0.3, 0.4) is 0 Å². The van der Waals surface area contributed by atoms with Crippen molar-refractivity contribution in [2.75, 3.05) is 24.2 Å². The summed E-state index contributed by atoms with van der Waals surface area (Å²) >= 11 is 0. The van der Waals surface area contributed by atoms with E-state index < -0.39 is 0 Å². The molecule has 1 heterocycles. The Morgan fingerprint density at radius 3 is 2.57 bits per heavy atom. The summed E-state index contributed by atoms with van der Waals surface area (Å²) in [5.41, 5.74) is 6.72. The third-order valence-corrected chi connectivity index (χ3v) is 1.87. The van der Waals surface area contributed by atoms with Crippen LogP contribution in [0.4, 0.5) is 11.5 Å². The summed E-state index contributed by atoms with van der Waals surface area (Å²) in [5, 5.41) is 0. The molecule has 0 fully saturated rings. The first-order chi connectivity index (χ1) is 6.38. The highest BCUT2D eigenvalue weighted by Gasteiger charge is 2.14. The molecule has 0 saturated carbocycles. The second kappa shape index (κ2) is 3.86. The normalized spacial score (nSPS) is 11.4. The van der Waals surface area contributed by atoms with E-state index >= 15 is 0 Å². The maximum atomic E-state index is 5.69. The predicted octanol–water partition coefficient (Wildman–Crippen LogP) is 2.15. The lowest BCUT2D eigenvalue weighted by atomic mass is 9.96. The number of anilines is 2. The average molecular weight is 193 g/mol. The number of aromatic nitrogens is 1. The van der Waals surface area contributed by atoms with Gasteiger partial charge >= 0.3 is 0 Å². The van der Waals surface area contributed by atoms with Crippen molar-refractivity contribution in [3.8, 4) is 0 Å². The summed E-state index contributed by atoms with van der Waals surface area (Å²) in [4.78, 5) is 6.39. The van der Waals surface area contributed by atoms with Crippen LogP contribution < -0.4 is 10.6 Å². The molecule has 0 aliphatic carbocycles. The summed E-state index contributed by atoms with van der Waals surface area (Å²) in [7, 11) is 2.03. The van der Waals surface area contributed by atoms with Gasteiger partial charge in [-0.1, -0.05) is 20.8 Å². The van der Waals surface area contributed by atoms with Gasteiger partial charge in [-0.25, -0.2) is 4.98 Å². The van der Waals surface area contributed by atoms with Gasteiger partial charge in [0.05, 0.1) is 0 Å². The minimum atomic E-state index is 0.265. The fourth-order valence-corrected chi connectivity index (χ4v) is 1.44. The molecule has 3 heteroatoms. The molecule has 1 aromatic heterocycles. The second-order valence-corrected chi connectivity index (χ2v) is 4.86. The standard InChI is InChI=1S/C11H19N3/c1-11(2,3)8-14(4)10-7-9(12)5-6-13-10/h5-7H,8H2,1-4H3,(H2,12,13). The molecule has 0 unspecified atom stereocenters. The zero-order valence-electron chi connectivity index (χ0n) is 9.41. The molecule has 0 aliphatic heterocycles. The van der Waals surface area contributed by atoms with Gasteiger partial charge in [-0.2, -0.15) is 0 Å². The molecule has 0 saturated heterocycles. The predicted molar refractivity (Wildman–Crippen MR) is 61.4 cm³/mol. The zero-order valence-corrected chi connectivity index (χ0v) is 9.41. The molecular weight excluding hydrogens is 174 g/mol. The molecule has 78 valence electrons. The Bertz CT molecular complexity index is 302. The van der Waals surface area contributed by atoms with Crippen molar-refractivity contribution in [3.05, 3.63) is 18.3 Å². The molecule has 0 bridgehead atoms. The molecule has 2 N–H and O–H groups in total. The molecule has 0 amide bonds. The van der Waals surface area contributed by atoms with Gasteiger partial charge in [0.2, 0.25) is 0 Å². The first-order valence-electron chi connectivity index (χ1n) is 4.81. The number of nitrogens with two attached hydrogens (primary N) is 1. The van der Waals surface area contributed by atoms with Crippen LogP contribution in [0.25, 0.3) is 0 Å². The van der Waals surface area contributed by atoms with E-state index in [1.165, 1.54) is 0 Å². The van der Waals surface area contributed by atoms with Crippen LogP contribution in [-0.2, 0) is 0 Å². The highest BCUT2D eigenvalue weighted by Crippen LogP contribution is 2.19. The largest absolute Gasteiger partial charge is 0.399 e. The number of pyridine rings is 1. The molecule has 0 spiro atoms. The van der Waals surface area contributed by atoms with E-state index in [-0.39, 0.29) is 5.41 Å². The van der Waals surface area contributed by atoms with E-state index in [0.29, 0.717) is 0 Å². The minimum Gasteiger partial charge on any atom is -0.399 e. The Kier molecular flexibility index (Phi) is 2.99. The molecule has 0 aliphatic rings. The van der Waals surface area contributed by atoms with Crippen LogP contribution in [0.15, 0.2) is 18.3 Å². The van der Waals surface area contributed by atoms with E-state index in [1.807, 2.05) is 13.1 Å². The lowest BCUT2D eigenvalue weighted by molar-refractivity contribution is 0.418. The lowest BCUT2D eigenvalue weighted by Crippen LogP contribution is -2.29. The molecular formula is C11H19N3. The summed E-state index contributed by atoms with van der Waals surface area (Å²) in [6, 6.07) is 3.69. The molecule has 1 rings (SSSR count). The van der Waals surface area contributed by atoms with Gasteiger partial charge in [-0.05, 0) is 11.5 Å². The smallest absolute Gasteiger partial charge is 0.130 e. The van der Waals surface area contributed by atoms with Crippen molar-refractivity contribution in [3.63, 3.8) is 0 Å². The van der Waals surface area contributed by atoms with Crippen LogP contribution in [-0.4, -0.2) is 18.6 Å². The van der Waals surface area contributed by atoms with Gasteiger partial charge in [0.15, 0.2) is 0 Å². The van der Waals surface area contributed by atoms with E-state index in [9.17, 15) is 0 Å². The molecule has 0 radical (unpaired) electrons. The SMILES string of the molecule is CN(CC(C)(C)C)c1cc(N)ccn1. The third kappa shape index (κ3) is 3.24. The lowest BCUT2D eigenvalue weighted by Gasteiger charge is -2.27. The Labute approximate surface area is 85.9 Å². The third-order valence-electron chi connectivity index (χ3n) is 1.87. The number of nitrogens with zero attached hydrogens (tertiary/aromatic N) is 2. The van der Waals surface area contributed by atoms with Gasteiger partial charge in [0.1, 0.15) is 5.82 Å². The Hall–Kier alpha value is -1.25. The van der Waals surface area contributed by atoms with Gasteiger partial charge in [-0.15, -0.1) is 0 Å². The topological polar surface area (TPSA) is 42.1 Å². The second-order valence-electron chi connectivity index (χ2n) is 4.86. The van der Waals surface area contributed by atoms with Crippen LogP contribution in [0, 0.1) is 5.41 Å². The molecule has 0 atom stereocenters. The monoisotopic (exact) mass is 193 g/mol. The van der Waals surface area contributed by atoms with Crippen molar-refractivity contribution in [1.29, 1.82) is 0 Å². The van der Waals surface area contributed by atoms with Crippen molar-refractivity contribution >= 4 is 11.5 Å².